The van der Waals surface area contributed by atoms with Gasteiger partial charge in [0.1, 0.15) is 0 Å². The molecular formula is C16H17N3O. The van der Waals surface area contributed by atoms with E-state index in [0.717, 1.165) is 18.5 Å². The molecule has 0 saturated carbocycles. The van der Waals surface area contributed by atoms with Gasteiger partial charge >= 0.3 is 0 Å². The highest BCUT2D eigenvalue weighted by Gasteiger charge is 2.23. The molecule has 0 fully saturated rings. The zero-order valence-corrected chi connectivity index (χ0v) is 11.4. The van der Waals surface area contributed by atoms with Gasteiger partial charge < -0.3 is 10.6 Å². The van der Waals surface area contributed by atoms with Crippen molar-refractivity contribution in [2.75, 3.05) is 12.4 Å². The van der Waals surface area contributed by atoms with Crippen molar-refractivity contribution in [3.8, 4) is 0 Å². The number of anilines is 1. The Balaban J connectivity index is 1.72. The molecule has 4 nitrogen and oxygen atoms in total. The van der Waals surface area contributed by atoms with Gasteiger partial charge in [0.15, 0.2) is 0 Å². The SMILES string of the molecule is CNc1cnccc1C(=O)NC1Cc2ccccc2C1. The number of amides is 1. The zero-order valence-electron chi connectivity index (χ0n) is 11.4. The molecule has 1 heterocycles. The number of nitrogens with one attached hydrogen (secondary N) is 2. The third-order valence-corrected chi connectivity index (χ3v) is 3.72. The normalized spacial score (nSPS) is 13.8. The quantitative estimate of drug-likeness (QED) is 0.894. The number of carbonyl (C=O) groups is 1. The summed E-state index contributed by atoms with van der Waals surface area (Å²) in [5.41, 5.74) is 4.06. The minimum atomic E-state index is -0.0467. The van der Waals surface area contributed by atoms with Crippen LogP contribution in [0.2, 0.25) is 0 Å². The van der Waals surface area contributed by atoms with E-state index in [1.54, 1.807) is 25.5 Å². The Kier molecular flexibility index (Phi) is 3.37. The van der Waals surface area contributed by atoms with Crippen LogP contribution in [-0.2, 0) is 12.8 Å². The van der Waals surface area contributed by atoms with E-state index in [1.165, 1.54) is 11.1 Å². The standard InChI is InChI=1S/C16H17N3O/c1-17-15-10-18-7-6-14(15)16(20)19-13-8-11-4-2-3-5-12(11)9-13/h2-7,10,13,17H,8-9H2,1H3,(H,19,20). The highest BCUT2D eigenvalue weighted by Crippen LogP contribution is 2.22. The fraction of sp³-hybridized carbons (Fsp3) is 0.250. The fourth-order valence-electron chi connectivity index (χ4n) is 2.72. The molecule has 102 valence electrons. The lowest BCUT2D eigenvalue weighted by atomic mass is 10.1. The van der Waals surface area contributed by atoms with Crippen LogP contribution in [0.3, 0.4) is 0 Å². The van der Waals surface area contributed by atoms with Gasteiger partial charge in [-0.05, 0) is 30.0 Å². The van der Waals surface area contributed by atoms with Crippen molar-refractivity contribution in [3.05, 3.63) is 59.4 Å². The van der Waals surface area contributed by atoms with E-state index in [2.05, 4.69) is 27.8 Å². The summed E-state index contributed by atoms with van der Waals surface area (Å²) in [6.07, 6.45) is 5.11. The summed E-state index contributed by atoms with van der Waals surface area (Å²) in [5.74, 6) is -0.0467. The van der Waals surface area contributed by atoms with E-state index < -0.39 is 0 Å². The van der Waals surface area contributed by atoms with Crippen LogP contribution in [-0.4, -0.2) is 24.0 Å². The van der Waals surface area contributed by atoms with Crippen molar-refractivity contribution < 1.29 is 4.79 Å². The lowest BCUT2D eigenvalue weighted by Crippen LogP contribution is -2.35. The van der Waals surface area contributed by atoms with E-state index in [1.807, 2.05) is 12.1 Å². The number of benzene rings is 1. The van der Waals surface area contributed by atoms with Crippen molar-refractivity contribution in [2.45, 2.75) is 18.9 Å². The Bertz CT molecular complexity index is 614. The Morgan fingerprint density at radius 2 is 1.90 bits per heavy atom. The Morgan fingerprint density at radius 3 is 2.55 bits per heavy atom. The van der Waals surface area contributed by atoms with Gasteiger partial charge in [-0.15, -0.1) is 0 Å². The molecule has 1 aromatic carbocycles. The molecule has 0 aliphatic heterocycles. The van der Waals surface area contributed by atoms with Crippen LogP contribution in [0.5, 0.6) is 0 Å². The van der Waals surface area contributed by atoms with Gasteiger partial charge in [-0.2, -0.15) is 0 Å². The van der Waals surface area contributed by atoms with Crippen LogP contribution in [0, 0.1) is 0 Å². The molecule has 0 unspecified atom stereocenters. The maximum absolute atomic E-state index is 12.4. The van der Waals surface area contributed by atoms with Crippen LogP contribution in [0.4, 0.5) is 5.69 Å². The molecule has 2 N–H and O–H groups in total. The number of aromatic nitrogens is 1. The third-order valence-electron chi connectivity index (χ3n) is 3.72. The second kappa shape index (κ2) is 5.33. The summed E-state index contributed by atoms with van der Waals surface area (Å²) in [7, 11) is 1.79. The molecule has 20 heavy (non-hydrogen) atoms. The molecule has 1 aromatic heterocycles. The molecule has 3 rings (SSSR count). The van der Waals surface area contributed by atoms with E-state index >= 15 is 0 Å². The number of carbonyl (C=O) groups excluding carboxylic acids is 1. The van der Waals surface area contributed by atoms with Gasteiger partial charge in [0, 0.05) is 19.3 Å². The summed E-state index contributed by atoms with van der Waals surface area (Å²) >= 11 is 0. The van der Waals surface area contributed by atoms with E-state index in [-0.39, 0.29) is 11.9 Å². The molecule has 1 aliphatic carbocycles. The molecule has 0 saturated heterocycles. The molecular weight excluding hydrogens is 250 g/mol. The summed E-state index contributed by atoms with van der Waals surface area (Å²) in [4.78, 5) is 16.4. The average Bonchev–Trinajstić information content (AvgIpc) is 2.89. The minimum Gasteiger partial charge on any atom is -0.386 e. The average molecular weight is 267 g/mol. The van der Waals surface area contributed by atoms with E-state index in [9.17, 15) is 4.79 Å². The summed E-state index contributed by atoms with van der Waals surface area (Å²) < 4.78 is 0. The maximum Gasteiger partial charge on any atom is 0.253 e. The van der Waals surface area contributed by atoms with Gasteiger partial charge in [0.25, 0.3) is 5.91 Å². The number of hydrogen-bond acceptors (Lipinski definition) is 3. The Labute approximate surface area is 118 Å². The van der Waals surface area contributed by atoms with Crippen molar-refractivity contribution in [2.24, 2.45) is 0 Å². The molecule has 4 heteroatoms. The second-order valence-electron chi connectivity index (χ2n) is 5.02. The first kappa shape index (κ1) is 12.7. The van der Waals surface area contributed by atoms with E-state index in [0.29, 0.717) is 5.56 Å². The lowest BCUT2D eigenvalue weighted by Gasteiger charge is -2.14. The Hall–Kier alpha value is -2.36. The highest BCUT2D eigenvalue weighted by molar-refractivity contribution is 5.99. The number of hydrogen-bond donors (Lipinski definition) is 2. The monoisotopic (exact) mass is 267 g/mol. The van der Waals surface area contributed by atoms with Crippen LogP contribution < -0.4 is 10.6 Å². The lowest BCUT2D eigenvalue weighted by molar-refractivity contribution is 0.0939. The number of nitrogens with zero attached hydrogens (tertiary/aromatic N) is 1. The topological polar surface area (TPSA) is 54.0 Å². The van der Waals surface area contributed by atoms with Crippen molar-refractivity contribution in [1.82, 2.24) is 10.3 Å². The van der Waals surface area contributed by atoms with Crippen LogP contribution >= 0.6 is 0 Å². The molecule has 0 spiro atoms. The van der Waals surface area contributed by atoms with Gasteiger partial charge in [-0.3, -0.25) is 9.78 Å². The second-order valence-corrected chi connectivity index (χ2v) is 5.02. The van der Waals surface area contributed by atoms with Crippen LogP contribution in [0.15, 0.2) is 42.7 Å². The molecule has 0 radical (unpaired) electrons. The van der Waals surface area contributed by atoms with Crippen LogP contribution in [0.1, 0.15) is 21.5 Å². The molecule has 1 aliphatic rings. The first-order valence-corrected chi connectivity index (χ1v) is 6.77. The molecule has 1 amide bonds. The number of rotatable bonds is 3. The van der Waals surface area contributed by atoms with Gasteiger partial charge in [-0.1, -0.05) is 24.3 Å². The molecule has 0 atom stereocenters. The minimum absolute atomic E-state index is 0.0467. The molecule has 2 aromatic rings. The van der Waals surface area contributed by atoms with E-state index in [4.69, 9.17) is 0 Å². The van der Waals surface area contributed by atoms with Gasteiger partial charge in [0.05, 0.1) is 17.4 Å². The largest absolute Gasteiger partial charge is 0.386 e. The maximum atomic E-state index is 12.4. The van der Waals surface area contributed by atoms with Crippen molar-refractivity contribution in [3.63, 3.8) is 0 Å². The predicted molar refractivity (Wildman–Crippen MR) is 78.9 cm³/mol. The van der Waals surface area contributed by atoms with Crippen LogP contribution in [0.25, 0.3) is 0 Å². The molecule has 0 bridgehead atoms. The number of pyridine rings is 1. The number of fused-ring (bicyclic) bond motifs is 1. The Morgan fingerprint density at radius 1 is 1.20 bits per heavy atom. The first-order chi connectivity index (χ1) is 9.78. The third kappa shape index (κ3) is 2.37. The predicted octanol–water partition coefficient (Wildman–Crippen LogP) is 2.02. The first-order valence-electron chi connectivity index (χ1n) is 6.77. The summed E-state index contributed by atoms with van der Waals surface area (Å²) in [6.45, 7) is 0. The fourth-order valence-corrected chi connectivity index (χ4v) is 2.72. The smallest absolute Gasteiger partial charge is 0.253 e. The van der Waals surface area contributed by atoms with Gasteiger partial charge in [-0.25, -0.2) is 0 Å². The van der Waals surface area contributed by atoms with Crippen molar-refractivity contribution >= 4 is 11.6 Å². The van der Waals surface area contributed by atoms with Crippen molar-refractivity contribution in [1.29, 1.82) is 0 Å². The van der Waals surface area contributed by atoms with Gasteiger partial charge in [0.2, 0.25) is 0 Å². The zero-order chi connectivity index (χ0) is 13.9. The highest BCUT2D eigenvalue weighted by atomic mass is 16.1. The summed E-state index contributed by atoms with van der Waals surface area (Å²) in [5, 5.41) is 6.11. The summed E-state index contributed by atoms with van der Waals surface area (Å²) in [6, 6.07) is 10.3.